The van der Waals surface area contributed by atoms with Crippen LogP contribution in [0.5, 0.6) is 5.75 Å². The van der Waals surface area contributed by atoms with E-state index in [1.807, 2.05) is 24.3 Å². The highest BCUT2D eigenvalue weighted by molar-refractivity contribution is 7.91. The second-order valence-corrected chi connectivity index (χ2v) is 7.59. The van der Waals surface area contributed by atoms with E-state index in [2.05, 4.69) is 19.2 Å². The predicted molar refractivity (Wildman–Crippen MR) is 82.9 cm³/mol. The molecule has 1 rings (SSSR count). The summed E-state index contributed by atoms with van der Waals surface area (Å²) >= 11 is 0. The van der Waals surface area contributed by atoms with E-state index in [1.165, 1.54) is 0 Å². The summed E-state index contributed by atoms with van der Waals surface area (Å²) in [5.74, 6) is 1.18. The van der Waals surface area contributed by atoms with Crippen LogP contribution in [0.1, 0.15) is 32.8 Å². The molecule has 0 spiro atoms. The van der Waals surface area contributed by atoms with Gasteiger partial charge in [0.25, 0.3) is 0 Å². The van der Waals surface area contributed by atoms with Crippen LogP contribution in [-0.4, -0.2) is 32.6 Å². The van der Waals surface area contributed by atoms with E-state index in [0.717, 1.165) is 17.9 Å². The quantitative estimate of drug-likeness (QED) is 0.711. The molecule has 0 heterocycles. The zero-order chi connectivity index (χ0) is 15.0. The molecule has 0 saturated heterocycles. The molecular formula is C15H25NO3S. The van der Waals surface area contributed by atoms with E-state index < -0.39 is 9.84 Å². The third kappa shape index (κ3) is 6.91. The summed E-state index contributed by atoms with van der Waals surface area (Å²) in [6.45, 7) is 7.11. The highest BCUT2D eigenvalue weighted by Crippen LogP contribution is 2.13. The standard InChI is InChI=1S/C15H25NO3S/c1-4-20(17,18)10-6-9-19-15-8-5-7-14(11-15)12-16-13(2)3/h5,7-8,11,13,16H,4,6,9-10,12H2,1-3H3. The van der Waals surface area contributed by atoms with Crippen molar-refractivity contribution in [2.24, 2.45) is 0 Å². The summed E-state index contributed by atoms with van der Waals surface area (Å²) in [6.07, 6.45) is 0.532. The molecular weight excluding hydrogens is 274 g/mol. The van der Waals surface area contributed by atoms with Gasteiger partial charge in [0.15, 0.2) is 0 Å². The van der Waals surface area contributed by atoms with Gasteiger partial charge in [-0.25, -0.2) is 8.42 Å². The van der Waals surface area contributed by atoms with Crippen molar-refractivity contribution >= 4 is 9.84 Å². The molecule has 0 amide bonds. The van der Waals surface area contributed by atoms with Crippen LogP contribution < -0.4 is 10.1 Å². The van der Waals surface area contributed by atoms with Crippen LogP contribution in [0.2, 0.25) is 0 Å². The summed E-state index contributed by atoms with van der Waals surface area (Å²) < 4.78 is 28.3. The van der Waals surface area contributed by atoms with Gasteiger partial charge in [0.05, 0.1) is 12.4 Å². The number of nitrogens with one attached hydrogen (secondary N) is 1. The van der Waals surface area contributed by atoms with Crippen molar-refractivity contribution in [1.29, 1.82) is 0 Å². The molecule has 0 aliphatic heterocycles. The minimum Gasteiger partial charge on any atom is -0.494 e. The number of rotatable bonds is 9. The van der Waals surface area contributed by atoms with E-state index in [-0.39, 0.29) is 11.5 Å². The predicted octanol–water partition coefficient (Wildman–Crippen LogP) is 2.39. The average molecular weight is 299 g/mol. The summed E-state index contributed by atoms with van der Waals surface area (Å²) in [6, 6.07) is 8.33. The number of ether oxygens (including phenoxy) is 1. The molecule has 0 aliphatic carbocycles. The lowest BCUT2D eigenvalue weighted by Crippen LogP contribution is -2.21. The van der Waals surface area contributed by atoms with Gasteiger partial charge >= 0.3 is 0 Å². The van der Waals surface area contributed by atoms with Gasteiger partial charge in [-0.1, -0.05) is 32.9 Å². The van der Waals surface area contributed by atoms with Gasteiger partial charge in [0.1, 0.15) is 15.6 Å². The lowest BCUT2D eigenvalue weighted by atomic mass is 10.2. The van der Waals surface area contributed by atoms with Gasteiger partial charge in [-0.2, -0.15) is 0 Å². The van der Waals surface area contributed by atoms with Crippen LogP contribution in [-0.2, 0) is 16.4 Å². The first-order valence-corrected chi connectivity index (χ1v) is 8.90. The fourth-order valence-corrected chi connectivity index (χ4v) is 2.53. The number of benzene rings is 1. The van der Waals surface area contributed by atoms with Crippen LogP contribution in [0, 0.1) is 0 Å². The molecule has 0 fully saturated rings. The maximum absolute atomic E-state index is 11.3. The molecule has 4 nitrogen and oxygen atoms in total. The maximum atomic E-state index is 11.3. The van der Waals surface area contributed by atoms with Crippen LogP contribution in [0.15, 0.2) is 24.3 Å². The minimum absolute atomic E-state index is 0.193. The van der Waals surface area contributed by atoms with Crippen LogP contribution in [0.25, 0.3) is 0 Å². The third-order valence-corrected chi connectivity index (χ3v) is 4.71. The molecule has 1 N–H and O–H groups in total. The van der Waals surface area contributed by atoms with E-state index in [0.29, 0.717) is 19.1 Å². The molecule has 20 heavy (non-hydrogen) atoms. The van der Waals surface area contributed by atoms with Crippen molar-refractivity contribution in [3.8, 4) is 5.75 Å². The van der Waals surface area contributed by atoms with Crippen LogP contribution in [0.3, 0.4) is 0 Å². The van der Waals surface area contributed by atoms with Crippen LogP contribution in [0.4, 0.5) is 0 Å². The van der Waals surface area contributed by atoms with Gasteiger partial charge in [0, 0.05) is 18.3 Å². The highest BCUT2D eigenvalue weighted by Gasteiger charge is 2.06. The topological polar surface area (TPSA) is 55.4 Å². The Labute approximate surface area is 122 Å². The highest BCUT2D eigenvalue weighted by atomic mass is 32.2. The average Bonchev–Trinajstić information content (AvgIpc) is 2.42. The van der Waals surface area contributed by atoms with Crippen molar-refractivity contribution in [1.82, 2.24) is 5.32 Å². The summed E-state index contributed by atoms with van der Waals surface area (Å²) in [5.41, 5.74) is 1.16. The van der Waals surface area contributed by atoms with Crippen LogP contribution >= 0.6 is 0 Å². The van der Waals surface area contributed by atoms with Crippen molar-refractivity contribution in [3.05, 3.63) is 29.8 Å². The van der Waals surface area contributed by atoms with Gasteiger partial charge in [-0.05, 0) is 24.1 Å². The Morgan fingerprint density at radius 3 is 2.70 bits per heavy atom. The monoisotopic (exact) mass is 299 g/mol. The van der Waals surface area contributed by atoms with Crippen molar-refractivity contribution in [3.63, 3.8) is 0 Å². The first-order chi connectivity index (χ1) is 9.43. The molecule has 0 bridgehead atoms. The Balaban J connectivity index is 2.39. The Hall–Kier alpha value is -1.07. The van der Waals surface area contributed by atoms with E-state index in [1.54, 1.807) is 6.92 Å². The first-order valence-electron chi connectivity index (χ1n) is 7.08. The SMILES string of the molecule is CCS(=O)(=O)CCCOc1cccc(CNC(C)C)c1. The molecule has 0 unspecified atom stereocenters. The smallest absolute Gasteiger partial charge is 0.150 e. The Morgan fingerprint density at radius 1 is 1.30 bits per heavy atom. The molecule has 5 heteroatoms. The maximum Gasteiger partial charge on any atom is 0.150 e. The summed E-state index contributed by atoms with van der Waals surface area (Å²) in [4.78, 5) is 0. The third-order valence-electron chi connectivity index (χ3n) is 2.92. The molecule has 0 atom stereocenters. The van der Waals surface area contributed by atoms with Gasteiger partial charge in [0.2, 0.25) is 0 Å². The zero-order valence-corrected chi connectivity index (χ0v) is 13.4. The first kappa shape index (κ1) is 17.0. The summed E-state index contributed by atoms with van der Waals surface area (Å²) in [7, 11) is -2.89. The fraction of sp³-hybridized carbons (Fsp3) is 0.600. The van der Waals surface area contributed by atoms with Crippen molar-refractivity contribution in [2.45, 2.75) is 39.8 Å². The lowest BCUT2D eigenvalue weighted by Gasteiger charge is -2.10. The summed E-state index contributed by atoms with van der Waals surface area (Å²) in [5, 5.41) is 3.35. The Kier molecular flexibility index (Phi) is 7.02. The number of sulfone groups is 1. The Morgan fingerprint density at radius 2 is 2.05 bits per heavy atom. The second kappa shape index (κ2) is 8.27. The molecule has 0 radical (unpaired) electrons. The molecule has 114 valence electrons. The van der Waals surface area contributed by atoms with Gasteiger partial charge < -0.3 is 10.1 Å². The van der Waals surface area contributed by atoms with Gasteiger partial charge in [-0.15, -0.1) is 0 Å². The van der Waals surface area contributed by atoms with E-state index in [4.69, 9.17) is 4.74 Å². The van der Waals surface area contributed by atoms with E-state index in [9.17, 15) is 8.42 Å². The zero-order valence-electron chi connectivity index (χ0n) is 12.6. The largest absolute Gasteiger partial charge is 0.494 e. The van der Waals surface area contributed by atoms with Crippen molar-refractivity contribution in [2.75, 3.05) is 18.1 Å². The minimum atomic E-state index is -2.89. The lowest BCUT2D eigenvalue weighted by molar-refractivity contribution is 0.317. The molecule has 0 aromatic heterocycles. The van der Waals surface area contributed by atoms with E-state index >= 15 is 0 Å². The normalized spacial score (nSPS) is 11.8. The van der Waals surface area contributed by atoms with Gasteiger partial charge in [-0.3, -0.25) is 0 Å². The molecule has 1 aromatic carbocycles. The second-order valence-electron chi connectivity index (χ2n) is 5.12. The number of hydrogen-bond donors (Lipinski definition) is 1. The number of hydrogen-bond acceptors (Lipinski definition) is 4. The van der Waals surface area contributed by atoms with Crippen molar-refractivity contribution < 1.29 is 13.2 Å². The molecule has 1 aromatic rings. The molecule has 0 saturated carbocycles. The molecule has 0 aliphatic rings. The Bertz CT molecular complexity index is 498. The fourth-order valence-electron chi connectivity index (χ4n) is 1.68.